The van der Waals surface area contributed by atoms with Crippen LogP contribution >= 0.6 is 11.3 Å². The van der Waals surface area contributed by atoms with Crippen LogP contribution in [-0.2, 0) is 0 Å². The van der Waals surface area contributed by atoms with E-state index in [4.69, 9.17) is 9.47 Å². The maximum atomic E-state index is 10.3. The summed E-state index contributed by atoms with van der Waals surface area (Å²) in [6.45, 7) is 9.91. The normalized spacial score (nSPS) is 22.2. The lowest BCUT2D eigenvalue weighted by molar-refractivity contribution is 0.00506. The molecule has 21 heavy (non-hydrogen) atoms. The van der Waals surface area contributed by atoms with Gasteiger partial charge in [0.25, 0.3) is 0 Å². The molecule has 1 atom stereocenters. The van der Waals surface area contributed by atoms with Crippen molar-refractivity contribution in [3.05, 3.63) is 10.8 Å². The number of aliphatic hydroxyl groups excluding tert-OH is 1. The van der Waals surface area contributed by atoms with Crippen LogP contribution in [0.3, 0.4) is 0 Å². The summed E-state index contributed by atoms with van der Waals surface area (Å²) in [5.74, 6) is 1.44. The highest BCUT2D eigenvalue weighted by Gasteiger charge is 2.44. The minimum atomic E-state index is -0.508. The first kappa shape index (κ1) is 16.6. The Bertz CT molecular complexity index is 454. The molecule has 120 valence electrons. The second kappa shape index (κ2) is 6.15. The minimum Gasteiger partial charge on any atom is -0.492 e. The summed E-state index contributed by atoms with van der Waals surface area (Å²) in [5.41, 5.74) is 0.259. The molecule has 1 fully saturated rings. The number of β-amino-alcohol motifs (C(OH)–C–C–N with tert-alkyl or cyclic N) is 1. The molecule has 0 amide bonds. The highest BCUT2D eigenvalue weighted by Crippen LogP contribution is 2.40. The Kier molecular flexibility index (Phi) is 4.85. The Balaban J connectivity index is 1.91. The van der Waals surface area contributed by atoms with Gasteiger partial charge in [-0.2, -0.15) is 0 Å². The van der Waals surface area contributed by atoms with Crippen LogP contribution in [0.4, 0.5) is 0 Å². The molecule has 1 aliphatic rings. The van der Waals surface area contributed by atoms with E-state index in [2.05, 4.69) is 32.6 Å². The second-order valence-electron chi connectivity index (χ2n) is 7.00. The monoisotopic (exact) mass is 313 g/mol. The van der Waals surface area contributed by atoms with Crippen LogP contribution in [0.25, 0.3) is 0 Å². The van der Waals surface area contributed by atoms with Crippen molar-refractivity contribution in [3.8, 4) is 11.5 Å². The lowest BCUT2D eigenvalue weighted by Crippen LogP contribution is -2.52. The first-order chi connectivity index (χ1) is 9.76. The zero-order valence-electron chi connectivity index (χ0n) is 13.7. The average Bonchev–Trinajstić information content (AvgIpc) is 2.94. The summed E-state index contributed by atoms with van der Waals surface area (Å²) in [7, 11) is 1.63. The molecule has 0 radical (unpaired) electrons. The van der Waals surface area contributed by atoms with Gasteiger partial charge in [-0.05, 0) is 40.5 Å². The van der Waals surface area contributed by atoms with Crippen LogP contribution in [0.1, 0.15) is 40.5 Å². The van der Waals surface area contributed by atoms with E-state index in [1.807, 2.05) is 10.8 Å². The molecule has 1 N–H and O–H groups in total. The van der Waals surface area contributed by atoms with E-state index in [9.17, 15) is 5.11 Å². The number of likely N-dealkylation sites (tertiary alicyclic amines) is 1. The maximum Gasteiger partial charge on any atom is 0.171 e. The molecule has 1 aromatic heterocycles. The molecule has 0 aromatic carbocycles. The zero-order valence-corrected chi connectivity index (χ0v) is 14.5. The molecule has 4 nitrogen and oxygen atoms in total. The molecule has 1 aliphatic heterocycles. The van der Waals surface area contributed by atoms with Crippen LogP contribution in [0, 0.1) is 0 Å². The number of aliphatic hydroxyl groups is 1. The number of hydrogen-bond donors (Lipinski definition) is 1. The minimum absolute atomic E-state index is 0.130. The van der Waals surface area contributed by atoms with E-state index in [0.717, 1.165) is 18.6 Å². The molecule has 1 saturated heterocycles. The summed E-state index contributed by atoms with van der Waals surface area (Å²) in [5, 5.41) is 14.1. The van der Waals surface area contributed by atoms with E-state index in [1.165, 1.54) is 11.3 Å². The Hall–Kier alpha value is -0.780. The van der Waals surface area contributed by atoms with Gasteiger partial charge in [-0.15, -0.1) is 11.3 Å². The Morgan fingerprint density at radius 1 is 1.19 bits per heavy atom. The molecule has 1 unspecified atom stereocenters. The number of ether oxygens (including phenoxy) is 2. The van der Waals surface area contributed by atoms with Gasteiger partial charge in [0, 0.05) is 28.4 Å². The van der Waals surface area contributed by atoms with Crippen molar-refractivity contribution in [1.82, 2.24) is 4.90 Å². The summed E-state index contributed by atoms with van der Waals surface area (Å²) < 4.78 is 10.9. The third kappa shape index (κ3) is 3.71. The number of rotatable bonds is 6. The molecule has 5 heteroatoms. The van der Waals surface area contributed by atoms with Crippen molar-refractivity contribution in [3.63, 3.8) is 0 Å². The van der Waals surface area contributed by atoms with Gasteiger partial charge in [0.1, 0.15) is 12.7 Å². The van der Waals surface area contributed by atoms with Crippen LogP contribution in [0.15, 0.2) is 10.8 Å². The molecule has 2 rings (SSSR count). The fourth-order valence-electron chi connectivity index (χ4n) is 3.17. The van der Waals surface area contributed by atoms with Gasteiger partial charge in [0.15, 0.2) is 11.5 Å². The molecule has 1 aromatic rings. The first-order valence-corrected chi connectivity index (χ1v) is 8.39. The summed E-state index contributed by atoms with van der Waals surface area (Å²) in [4.78, 5) is 2.40. The zero-order chi connectivity index (χ0) is 15.7. The van der Waals surface area contributed by atoms with Crippen molar-refractivity contribution >= 4 is 11.3 Å². The third-order valence-electron chi connectivity index (χ3n) is 4.45. The van der Waals surface area contributed by atoms with E-state index in [-0.39, 0.29) is 17.7 Å². The number of methoxy groups -OCH3 is 1. The van der Waals surface area contributed by atoms with Crippen molar-refractivity contribution in [2.75, 3.05) is 20.3 Å². The highest BCUT2D eigenvalue weighted by molar-refractivity contribution is 7.08. The quantitative estimate of drug-likeness (QED) is 0.876. The largest absolute Gasteiger partial charge is 0.492 e. The Morgan fingerprint density at radius 2 is 1.76 bits per heavy atom. The molecule has 2 heterocycles. The van der Waals surface area contributed by atoms with Crippen LogP contribution < -0.4 is 9.47 Å². The van der Waals surface area contributed by atoms with Crippen molar-refractivity contribution in [2.24, 2.45) is 0 Å². The maximum absolute atomic E-state index is 10.3. The fraction of sp³-hybridized carbons (Fsp3) is 0.750. The van der Waals surface area contributed by atoms with Crippen LogP contribution in [0.5, 0.6) is 11.5 Å². The first-order valence-electron chi connectivity index (χ1n) is 7.45. The van der Waals surface area contributed by atoms with Gasteiger partial charge < -0.3 is 14.6 Å². The van der Waals surface area contributed by atoms with Gasteiger partial charge in [-0.25, -0.2) is 0 Å². The third-order valence-corrected chi connectivity index (χ3v) is 5.15. The van der Waals surface area contributed by atoms with Gasteiger partial charge in [-0.3, -0.25) is 4.90 Å². The molecule has 0 aliphatic carbocycles. The average molecular weight is 313 g/mol. The molecule has 0 spiro atoms. The molecule has 0 bridgehead atoms. The number of hydrogen-bond acceptors (Lipinski definition) is 5. The van der Waals surface area contributed by atoms with Gasteiger partial charge in [0.2, 0.25) is 0 Å². The van der Waals surface area contributed by atoms with Gasteiger partial charge in [-0.1, -0.05) is 0 Å². The van der Waals surface area contributed by atoms with Crippen molar-refractivity contribution in [2.45, 2.75) is 57.7 Å². The highest BCUT2D eigenvalue weighted by atomic mass is 32.1. The number of nitrogens with zero attached hydrogens (tertiary/aromatic N) is 1. The molecular formula is C16H27NO3S. The lowest BCUT2D eigenvalue weighted by Gasteiger charge is -2.41. The van der Waals surface area contributed by atoms with E-state index < -0.39 is 6.10 Å². The number of thiophene rings is 1. The SMILES string of the molecule is COc1cscc1OCC(O)CN1C(C)(C)CCC1(C)C. The lowest BCUT2D eigenvalue weighted by atomic mass is 10.0. The topological polar surface area (TPSA) is 41.9 Å². The summed E-state index contributed by atoms with van der Waals surface area (Å²) >= 11 is 1.53. The van der Waals surface area contributed by atoms with Crippen LogP contribution in [0.2, 0.25) is 0 Å². The van der Waals surface area contributed by atoms with Gasteiger partial charge >= 0.3 is 0 Å². The Morgan fingerprint density at radius 3 is 2.33 bits per heavy atom. The predicted octanol–water partition coefficient (Wildman–Crippen LogP) is 3.15. The fourth-order valence-corrected chi connectivity index (χ4v) is 3.88. The van der Waals surface area contributed by atoms with Crippen LogP contribution in [-0.4, -0.2) is 47.4 Å². The van der Waals surface area contributed by atoms with E-state index in [0.29, 0.717) is 12.3 Å². The molecule has 0 saturated carbocycles. The smallest absolute Gasteiger partial charge is 0.171 e. The predicted molar refractivity (Wildman–Crippen MR) is 86.5 cm³/mol. The van der Waals surface area contributed by atoms with Crippen molar-refractivity contribution < 1.29 is 14.6 Å². The Labute approximate surface area is 131 Å². The standard InChI is InChI=1S/C16H27NO3S/c1-15(2)6-7-16(3,4)17(15)8-12(18)9-20-14-11-21-10-13(14)19-5/h10-12,18H,6-9H2,1-5H3. The summed E-state index contributed by atoms with van der Waals surface area (Å²) in [6.07, 6.45) is 1.81. The van der Waals surface area contributed by atoms with E-state index in [1.54, 1.807) is 7.11 Å². The second-order valence-corrected chi connectivity index (χ2v) is 7.75. The van der Waals surface area contributed by atoms with E-state index >= 15 is 0 Å². The molecular weight excluding hydrogens is 286 g/mol. The van der Waals surface area contributed by atoms with Gasteiger partial charge in [0.05, 0.1) is 7.11 Å². The summed E-state index contributed by atoms with van der Waals surface area (Å²) in [6, 6.07) is 0. The van der Waals surface area contributed by atoms with Crippen molar-refractivity contribution in [1.29, 1.82) is 0 Å².